The van der Waals surface area contributed by atoms with Gasteiger partial charge in [0.1, 0.15) is 12.4 Å². The molecule has 0 aliphatic carbocycles. The van der Waals surface area contributed by atoms with Crippen LogP contribution in [0.3, 0.4) is 0 Å². The Hall–Kier alpha value is -1.32. The van der Waals surface area contributed by atoms with Crippen LogP contribution in [0.15, 0.2) is 30.9 Å². The fraction of sp³-hybridized carbons (Fsp3) is 0.556. The van der Waals surface area contributed by atoms with Crippen LogP contribution in [0.2, 0.25) is 0 Å². The second kappa shape index (κ2) is 8.85. The number of nitrogens with two attached hydrogens (primary N) is 1. The third-order valence-corrected chi connectivity index (χ3v) is 3.23. The molecular formula is C18H30NO2+. The van der Waals surface area contributed by atoms with Gasteiger partial charge in [-0.05, 0) is 35.6 Å². The summed E-state index contributed by atoms with van der Waals surface area (Å²) in [5, 5.41) is 2.17. The van der Waals surface area contributed by atoms with Gasteiger partial charge >= 0.3 is 0 Å². The summed E-state index contributed by atoms with van der Waals surface area (Å²) in [6, 6.07) is 6.41. The Kier molecular flexibility index (Phi) is 7.48. The lowest BCUT2D eigenvalue weighted by molar-refractivity contribution is -0.647. The number of hydrogen-bond donors (Lipinski definition) is 1. The topological polar surface area (TPSA) is 35.1 Å². The molecule has 0 aliphatic rings. The van der Waals surface area contributed by atoms with E-state index in [9.17, 15) is 0 Å². The Balaban J connectivity index is 2.38. The minimum atomic E-state index is 0.0868. The molecule has 3 nitrogen and oxygen atoms in total. The molecule has 0 radical (unpaired) electrons. The summed E-state index contributed by atoms with van der Waals surface area (Å²) in [5.41, 5.74) is 2.55. The van der Waals surface area contributed by atoms with Gasteiger partial charge in [0.2, 0.25) is 0 Å². The lowest BCUT2D eigenvalue weighted by atomic mass is 9.86. The van der Waals surface area contributed by atoms with Crippen molar-refractivity contribution in [2.45, 2.75) is 33.1 Å². The van der Waals surface area contributed by atoms with Crippen molar-refractivity contribution >= 4 is 0 Å². The quantitative estimate of drug-likeness (QED) is 0.560. The number of ether oxygens (including phenoxy) is 2. The van der Waals surface area contributed by atoms with E-state index in [0.717, 1.165) is 25.4 Å². The van der Waals surface area contributed by atoms with Crippen molar-refractivity contribution in [1.82, 2.24) is 0 Å². The highest BCUT2D eigenvalue weighted by atomic mass is 16.5. The maximum Gasteiger partial charge on any atom is 0.123 e. The van der Waals surface area contributed by atoms with Gasteiger partial charge in [-0.15, -0.1) is 0 Å². The maximum atomic E-state index is 5.92. The van der Waals surface area contributed by atoms with E-state index in [1.54, 1.807) is 0 Å². The van der Waals surface area contributed by atoms with Crippen LogP contribution in [0, 0.1) is 6.92 Å². The first-order valence-corrected chi connectivity index (χ1v) is 7.69. The summed E-state index contributed by atoms with van der Waals surface area (Å²) < 4.78 is 11.5. The molecule has 1 aromatic carbocycles. The van der Waals surface area contributed by atoms with E-state index >= 15 is 0 Å². The molecule has 0 aromatic heterocycles. The highest BCUT2D eigenvalue weighted by molar-refractivity contribution is 5.41. The molecule has 21 heavy (non-hydrogen) atoms. The molecule has 0 aliphatic heterocycles. The smallest absolute Gasteiger partial charge is 0.123 e. The van der Waals surface area contributed by atoms with E-state index in [2.05, 4.69) is 57.8 Å². The number of aryl methyl sites for hydroxylation is 1. The molecule has 0 saturated heterocycles. The first-order chi connectivity index (χ1) is 9.95. The molecule has 0 amide bonds. The Bertz CT molecular complexity index is 435. The van der Waals surface area contributed by atoms with E-state index in [0.29, 0.717) is 13.2 Å². The van der Waals surface area contributed by atoms with Crippen LogP contribution >= 0.6 is 0 Å². The predicted molar refractivity (Wildman–Crippen MR) is 88.0 cm³/mol. The van der Waals surface area contributed by atoms with E-state index in [1.165, 1.54) is 11.1 Å². The van der Waals surface area contributed by atoms with Crippen molar-refractivity contribution in [3.8, 4) is 5.75 Å². The van der Waals surface area contributed by atoms with Crippen LogP contribution in [0.1, 0.15) is 31.9 Å². The third-order valence-electron chi connectivity index (χ3n) is 3.23. The van der Waals surface area contributed by atoms with Crippen LogP contribution < -0.4 is 10.1 Å². The average Bonchev–Trinajstić information content (AvgIpc) is 2.40. The molecule has 0 saturated carbocycles. The monoisotopic (exact) mass is 292 g/mol. The van der Waals surface area contributed by atoms with E-state index in [1.807, 2.05) is 6.08 Å². The number of hydrogen-bond acceptors (Lipinski definition) is 2. The van der Waals surface area contributed by atoms with Crippen molar-refractivity contribution < 1.29 is 14.8 Å². The Labute approximate surface area is 129 Å². The molecule has 0 spiro atoms. The largest absolute Gasteiger partial charge is 0.491 e. The lowest BCUT2D eigenvalue weighted by Gasteiger charge is -2.23. The van der Waals surface area contributed by atoms with Crippen LogP contribution in [-0.2, 0) is 10.2 Å². The molecule has 3 heteroatoms. The average molecular weight is 292 g/mol. The van der Waals surface area contributed by atoms with Gasteiger partial charge in [0, 0.05) is 0 Å². The SMILES string of the molecule is C=CC[NH2+]CCOCCOc1cc(C)ccc1C(C)(C)C. The van der Waals surface area contributed by atoms with Crippen molar-refractivity contribution in [2.75, 3.05) is 32.9 Å². The molecular weight excluding hydrogens is 262 g/mol. The summed E-state index contributed by atoms with van der Waals surface area (Å²) in [5.74, 6) is 0.976. The summed E-state index contributed by atoms with van der Waals surface area (Å²) in [4.78, 5) is 0. The Morgan fingerprint density at radius 2 is 1.95 bits per heavy atom. The van der Waals surface area contributed by atoms with Gasteiger partial charge in [-0.2, -0.15) is 0 Å². The van der Waals surface area contributed by atoms with Gasteiger partial charge in [-0.25, -0.2) is 0 Å². The van der Waals surface area contributed by atoms with Crippen LogP contribution in [0.25, 0.3) is 0 Å². The van der Waals surface area contributed by atoms with Gasteiger partial charge in [-0.1, -0.05) is 39.5 Å². The van der Waals surface area contributed by atoms with Crippen molar-refractivity contribution in [2.24, 2.45) is 0 Å². The summed E-state index contributed by atoms with van der Waals surface area (Å²) >= 11 is 0. The molecule has 0 atom stereocenters. The van der Waals surface area contributed by atoms with Gasteiger partial charge in [-0.3, -0.25) is 0 Å². The molecule has 0 unspecified atom stereocenters. The molecule has 0 heterocycles. The minimum Gasteiger partial charge on any atom is -0.491 e. The van der Waals surface area contributed by atoms with Crippen LogP contribution in [0.5, 0.6) is 5.75 Å². The summed E-state index contributed by atoms with van der Waals surface area (Å²) in [6.45, 7) is 16.3. The Morgan fingerprint density at radius 1 is 1.19 bits per heavy atom. The first kappa shape index (κ1) is 17.7. The fourth-order valence-corrected chi connectivity index (χ4v) is 2.08. The second-order valence-electron chi connectivity index (χ2n) is 6.31. The number of benzene rings is 1. The highest BCUT2D eigenvalue weighted by Crippen LogP contribution is 2.31. The summed E-state index contributed by atoms with van der Waals surface area (Å²) in [6.07, 6.45) is 1.90. The fourth-order valence-electron chi connectivity index (χ4n) is 2.08. The van der Waals surface area contributed by atoms with Crippen molar-refractivity contribution in [3.63, 3.8) is 0 Å². The molecule has 0 bridgehead atoms. The number of quaternary nitrogens is 1. The van der Waals surface area contributed by atoms with Gasteiger partial charge in [0.25, 0.3) is 0 Å². The molecule has 1 aromatic rings. The molecule has 1 rings (SSSR count). The number of rotatable bonds is 9. The predicted octanol–water partition coefficient (Wildman–Crippen LogP) is 2.44. The maximum absolute atomic E-state index is 5.92. The second-order valence-corrected chi connectivity index (χ2v) is 6.31. The lowest BCUT2D eigenvalue weighted by Crippen LogP contribution is -2.84. The third kappa shape index (κ3) is 6.78. The van der Waals surface area contributed by atoms with Crippen LogP contribution in [-0.4, -0.2) is 32.9 Å². The molecule has 0 fully saturated rings. The van der Waals surface area contributed by atoms with Crippen molar-refractivity contribution in [3.05, 3.63) is 42.0 Å². The first-order valence-electron chi connectivity index (χ1n) is 7.69. The van der Waals surface area contributed by atoms with Gasteiger partial charge < -0.3 is 14.8 Å². The van der Waals surface area contributed by atoms with E-state index in [-0.39, 0.29) is 5.41 Å². The standard InChI is InChI=1S/C18H29NO2/c1-6-9-19-10-11-20-12-13-21-17-14-15(2)7-8-16(17)18(3,4)5/h6-8,14,19H,1,9-13H2,2-5H3/p+1. The minimum absolute atomic E-state index is 0.0868. The summed E-state index contributed by atoms with van der Waals surface area (Å²) in [7, 11) is 0. The zero-order valence-electron chi connectivity index (χ0n) is 13.9. The molecule has 118 valence electrons. The zero-order valence-corrected chi connectivity index (χ0v) is 13.9. The zero-order chi connectivity index (χ0) is 15.7. The van der Waals surface area contributed by atoms with Gasteiger partial charge in [0.15, 0.2) is 0 Å². The highest BCUT2D eigenvalue weighted by Gasteiger charge is 2.18. The van der Waals surface area contributed by atoms with E-state index < -0.39 is 0 Å². The Morgan fingerprint density at radius 3 is 2.62 bits per heavy atom. The normalized spacial score (nSPS) is 11.4. The van der Waals surface area contributed by atoms with Crippen LogP contribution in [0.4, 0.5) is 0 Å². The van der Waals surface area contributed by atoms with Gasteiger partial charge in [0.05, 0.1) is 26.3 Å². The van der Waals surface area contributed by atoms with E-state index in [4.69, 9.17) is 9.47 Å². The van der Waals surface area contributed by atoms with Crippen molar-refractivity contribution in [1.29, 1.82) is 0 Å². The molecule has 2 N–H and O–H groups in total.